The number of sulfonamides is 1. The number of nitrogens with one attached hydrogen (secondary N) is 1. The Kier molecular flexibility index (Phi) is 7.95. The minimum absolute atomic E-state index is 0.0104. The Morgan fingerprint density at radius 1 is 0.939 bits per heavy atom. The van der Waals surface area contributed by atoms with E-state index < -0.39 is 22.5 Å². The van der Waals surface area contributed by atoms with Crippen molar-refractivity contribution in [1.82, 2.24) is 0 Å². The van der Waals surface area contributed by atoms with E-state index in [1.54, 1.807) is 66.7 Å². The lowest BCUT2D eigenvalue weighted by Gasteiger charge is -2.24. The first kappa shape index (κ1) is 24.1. The van der Waals surface area contributed by atoms with E-state index >= 15 is 0 Å². The first-order valence-electron chi connectivity index (χ1n) is 10.7. The van der Waals surface area contributed by atoms with E-state index in [1.165, 1.54) is 12.1 Å². The van der Waals surface area contributed by atoms with Gasteiger partial charge in [-0.3, -0.25) is 9.10 Å². The first-order chi connectivity index (χ1) is 15.8. The number of carbonyl (C=O) groups is 1. The standard InChI is InChI=1S/C25H28N2O5S/c1-4-31-22-13-15-24(16-14-22)33(29,30)27(21-10-6-5-7-11-21)18-25(28)26-20-9-8-12-23(17-20)32-19(2)3/h5-17,19H,4,18H2,1-3H3,(H,26,28). The number of para-hydroxylation sites is 1. The fourth-order valence-electron chi connectivity index (χ4n) is 3.16. The average Bonchev–Trinajstić information content (AvgIpc) is 2.78. The van der Waals surface area contributed by atoms with Crippen LogP contribution < -0.4 is 19.1 Å². The molecule has 0 aliphatic heterocycles. The second kappa shape index (κ2) is 10.9. The van der Waals surface area contributed by atoms with Crippen molar-refractivity contribution in [2.45, 2.75) is 31.8 Å². The summed E-state index contributed by atoms with van der Waals surface area (Å²) in [6.45, 7) is 5.76. The third kappa shape index (κ3) is 6.49. The van der Waals surface area contributed by atoms with Gasteiger partial charge in [-0.05, 0) is 69.3 Å². The Bertz CT molecular complexity index is 1160. The zero-order valence-electron chi connectivity index (χ0n) is 18.9. The van der Waals surface area contributed by atoms with Crippen LogP contribution in [-0.4, -0.2) is 33.6 Å². The maximum absolute atomic E-state index is 13.5. The maximum atomic E-state index is 13.5. The molecule has 3 rings (SSSR count). The topological polar surface area (TPSA) is 84.9 Å². The lowest BCUT2D eigenvalue weighted by Crippen LogP contribution is -2.38. The van der Waals surface area contributed by atoms with E-state index in [4.69, 9.17) is 9.47 Å². The largest absolute Gasteiger partial charge is 0.494 e. The number of hydrogen-bond acceptors (Lipinski definition) is 5. The van der Waals surface area contributed by atoms with E-state index in [9.17, 15) is 13.2 Å². The number of nitrogens with zero attached hydrogens (tertiary/aromatic N) is 1. The summed E-state index contributed by atoms with van der Waals surface area (Å²) < 4.78 is 39.0. The summed E-state index contributed by atoms with van der Waals surface area (Å²) in [5.41, 5.74) is 0.906. The predicted molar refractivity (Wildman–Crippen MR) is 129 cm³/mol. The lowest BCUT2D eigenvalue weighted by molar-refractivity contribution is -0.114. The molecule has 7 nitrogen and oxygen atoms in total. The molecule has 174 valence electrons. The van der Waals surface area contributed by atoms with Gasteiger partial charge in [0.25, 0.3) is 10.0 Å². The maximum Gasteiger partial charge on any atom is 0.264 e. The van der Waals surface area contributed by atoms with E-state index in [0.29, 0.717) is 29.5 Å². The Labute approximate surface area is 195 Å². The second-order valence-electron chi connectivity index (χ2n) is 7.49. The lowest BCUT2D eigenvalue weighted by atomic mass is 10.3. The minimum atomic E-state index is -4.00. The molecule has 0 heterocycles. The van der Waals surface area contributed by atoms with Gasteiger partial charge in [-0.25, -0.2) is 8.42 Å². The number of anilines is 2. The molecule has 33 heavy (non-hydrogen) atoms. The summed E-state index contributed by atoms with van der Waals surface area (Å²) in [5, 5.41) is 2.76. The van der Waals surface area contributed by atoms with Gasteiger partial charge < -0.3 is 14.8 Å². The fourth-order valence-corrected chi connectivity index (χ4v) is 4.58. The molecule has 3 aromatic carbocycles. The summed E-state index contributed by atoms with van der Waals surface area (Å²) in [6.07, 6.45) is -0.0104. The molecular formula is C25H28N2O5S. The van der Waals surface area contributed by atoms with Crippen LogP contribution in [0.2, 0.25) is 0 Å². The van der Waals surface area contributed by atoms with Crippen molar-refractivity contribution in [3.8, 4) is 11.5 Å². The predicted octanol–water partition coefficient (Wildman–Crippen LogP) is 4.71. The van der Waals surface area contributed by atoms with Crippen LogP contribution in [-0.2, 0) is 14.8 Å². The van der Waals surface area contributed by atoms with Gasteiger partial charge in [0.2, 0.25) is 5.91 Å². The van der Waals surface area contributed by atoms with Crippen molar-refractivity contribution in [1.29, 1.82) is 0 Å². The molecule has 0 saturated heterocycles. The van der Waals surface area contributed by atoms with Crippen molar-refractivity contribution in [2.75, 3.05) is 22.8 Å². The van der Waals surface area contributed by atoms with Crippen molar-refractivity contribution in [3.05, 3.63) is 78.9 Å². The van der Waals surface area contributed by atoms with Gasteiger partial charge in [-0.2, -0.15) is 0 Å². The van der Waals surface area contributed by atoms with Gasteiger partial charge in [0.15, 0.2) is 0 Å². The van der Waals surface area contributed by atoms with Crippen LogP contribution in [0.4, 0.5) is 11.4 Å². The van der Waals surface area contributed by atoms with E-state index in [1.807, 2.05) is 20.8 Å². The van der Waals surface area contributed by atoms with Crippen LogP contribution in [0.25, 0.3) is 0 Å². The van der Waals surface area contributed by atoms with Crippen LogP contribution in [0.5, 0.6) is 11.5 Å². The molecule has 0 saturated carbocycles. The van der Waals surface area contributed by atoms with Crippen LogP contribution in [0.3, 0.4) is 0 Å². The molecule has 0 fully saturated rings. The molecule has 1 amide bonds. The summed E-state index contributed by atoms with van der Waals surface area (Å²) in [7, 11) is -4.00. The van der Waals surface area contributed by atoms with Crippen molar-refractivity contribution >= 4 is 27.3 Å². The van der Waals surface area contributed by atoms with Crippen molar-refractivity contribution in [2.24, 2.45) is 0 Å². The van der Waals surface area contributed by atoms with E-state index in [0.717, 1.165) is 4.31 Å². The van der Waals surface area contributed by atoms with Gasteiger partial charge in [0.05, 0.1) is 23.3 Å². The smallest absolute Gasteiger partial charge is 0.264 e. The number of amides is 1. The molecule has 8 heteroatoms. The molecule has 0 unspecified atom stereocenters. The zero-order chi connectivity index (χ0) is 23.8. The molecule has 0 spiro atoms. The van der Waals surface area contributed by atoms with Crippen LogP contribution in [0.15, 0.2) is 83.8 Å². The molecule has 0 aliphatic carbocycles. The normalized spacial score (nSPS) is 11.2. The average molecular weight is 469 g/mol. The summed E-state index contributed by atoms with van der Waals surface area (Å²) >= 11 is 0. The Morgan fingerprint density at radius 2 is 1.64 bits per heavy atom. The third-order valence-electron chi connectivity index (χ3n) is 4.54. The minimum Gasteiger partial charge on any atom is -0.494 e. The van der Waals surface area contributed by atoms with E-state index in [2.05, 4.69) is 5.32 Å². The molecule has 0 aromatic heterocycles. The SMILES string of the molecule is CCOc1ccc(S(=O)(=O)N(CC(=O)Nc2cccc(OC(C)C)c2)c2ccccc2)cc1. The van der Waals surface area contributed by atoms with Gasteiger partial charge in [0, 0.05) is 11.8 Å². The highest BCUT2D eigenvalue weighted by molar-refractivity contribution is 7.92. The van der Waals surface area contributed by atoms with Gasteiger partial charge in [-0.15, -0.1) is 0 Å². The quantitative estimate of drug-likeness (QED) is 0.466. The molecule has 3 aromatic rings. The van der Waals surface area contributed by atoms with Crippen molar-refractivity contribution in [3.63, 3.8) is 0 Å². The van der Waals surface area contributed by atoms with Gasteiger partial charge >= 0.3 is 0 Å². The molecule has 0 bridgehead atoms. The third-order valence-corrected chi connectivity index (χ3v) is 6.33. The Hall–Kier alpha value is -3.52. The van der Waals surface area contributed by atoms with Gasteiger partial charge in [-0.1, -0.05) is 24.3 Å². The number of rotatable bonds is 10. The molecule has 0 radical (unpaired) electrons. The number of benzene rings is 3. The van der Waals surface area contributed by atoms with Crippen molar-refractivity contribution < 1.29 is 22.7 Å². The zero-order valence-corrected chi connectivity index (χ0v) is 19.7. The highest BCUT2D eigenvalue weighted by Gasteiger charge is 2.27. The molecule has 1 N–H and O–H groups in total. The fraction of sp³-hybridized carbons (Fsp3) is 0.240. The Balaban J connectivity index is 1.85. The summed E-state index contributed by atoms with van der Waals surface area (Å²) in [5.74, 6) is 0.712. The monoisotopic (exact) mass is 468 g/mol. The number of carbonyl (C=O) groups excluding carboxylic acids is 1. The van der Waals surface area contributed by atoms with Crippen LogP contribution in [0, 0.1) is 0 Å². The molecule has 0 aliphatic rings. The van der Waals surface area contributed by atoms with Crippen LogP contribution in [0.1, 0.15) is 20.8 Å². The summed E-state index contributed by atoms with van der Waals surface area (Å²) in [6, 6.07) is 21.6. The number of ether oxygens (including phenoxy) is 2. The van der Waals surface area contributed by atoms with Gasteiger partial charge in [0.1, 0.15) is 18.0 Å². The first-order valence-corrected chi connectivity index (χ1v) is 12.1. The second-order valence-corrected chi connectivity index (χ2v) is 9.36. The highest BCUT2D eigenvalue weighted by Crippen LogP contribution is 2.25. The Morgan fingerprint density at radius 3 is 2.27 bits per heavy atom. The molecular weight excluding hydrogens is 440 g/mol. The summed E-state index contributed by atoms with van der Waals surface area (Å²) in [4.78, 5) is 12.9. The van der Waals surface area contributed by atoms with E-state index in [-0.39, 0.29) is 11.0 Å². The molecule has 0 atom stereocenters. The number of hydrogen-bond donors (Lipinski definition) is 1. The van der Waals surface area contributed by atoms with Crippen LogP contribution >= 0.6 is 0 Å². The highest BCUT2D eigenvalue weighted by atomic mass is 32.2.